The molecule has 0 saturated heterocycles. The summed E-state index contributed by atoms with van der Waals surface area (Å²) in [5.74, 6) is -0.869. The van der Waals surface area contributed by atoms with Crippen molar-refractivity contribution in [2.75, 3.05) is 5.73 Å². The van der Waals surface area contributed by atoms with E-state index in [0.717, 1.165) is 17.1 Å². The molecule has 3 rings (SSSR count). The summed E-state index contributed by atoms with van der Waals surface area (Å²) in [5, 5.41) is 0. The topological polar surface area (TPSA) is 43.8 Å². The maximum Gasteiger partial charge on any atom is 0.201 e. The SMILES string of the molecule is Nc1nc2ccccc2n1Cc1ccc(F)cc1F. The van der Waals surface area contributed by atoms with Gasteiger partial charge in [-0.3, -0.25) is 0 Å². The largest absolute Gasteiger partial charge is 0.369 e. The van der Waals surface area contributed by atoms with Gasteiger partial charge in [-0.25, -0.2) is 13.8 Å². The number of hydrogen-bond donors (Lipinski definition) is 1. The summed E-state index contributed by atoms with van der Waals surface area (Å²) in [6, 6.07) is 10.9. The Morgan fingerprint density at radius 1 is 1.11 bits per heavy atom. The van der Waals surface area contributed by atoms with Gasteiger partial charge in [0.2, 0.25) is 5.95 Å². The number of anilines is 1. The molecule has 1 aromatic heterocycles. The zero-order chi connectivity index (χ0) is 13.4. The molecule has 1 heterocycles. The molecule has 0 unspecified atom stereocenters. The summed E-state index contributed by atoms with van der Waals surface area (Å²) < 4.78 is 28.2. The maximum absolute atomic E-state index is 13.7. The molecule has 0 saturated carbocycles. The number of fused-ring (bicyclic) bond motifs is 1. The van der Waals surface area contributed by atoms with Crippen molar-refractivity contribution >= 4 is 17.0 Å². The molecule has 96 valence electrons. The van der Waals surface area contributed by atoms with Crippen LogP contribution < -0.4 is 5.73 Å². The average molecular weight is 259 g/mol. The highest BCUT2D eigenvalue weighted by Crippen LogP contribution is 2.20. The van der Waals surface area contributed by atoms with Gasteiger partial charge in [0, 0.05) is 11.6 Å². The van der Waals surface area contributed by atoms with Crippen molar-refractivity contribution in [3.8, 4) is 0 Å². The molecule has 0 atom stereocenters. The van der Waals surface area contributed by atoms with Crippen LogP contribution in [-0.4, -0.2) is 9.55 Å². The zero-order valence-corrected chi connectivity index (χ0v) is 9.98. The number of benzene rings is 2. The van der Waals surface area contributed by atoms with Crippen LogP contribution in [0.25, 0.3) is 11.0 Å². The Bertz CT molecular complexity index is 750. The predicted octanol–water partition coefficient (Wildman–Crippen LogP) is 2.95. The van der Waals surface area contributed by atoms with Crippen LogP contribution in [0.2, 0.25) is 0 Å². The smallest absolute Gasteiger partial charge is 0.201 e. The van der Waals surface area contributed by atoms with Gasteiger partial charge in [0.1, 0.15) is 11.6 Å². The summed E-state index contributed by atoms with van der Waals surface area (Å²) >= 11 is 0. The Morgan fingerprint density at radius 2 is 1.89 bits per heavy atom. The Hall–Kier alpha value is -2.43. The molecule has 0 aliphatic heterocycles. The Morgan fingerprint density at radius 3 is 2.68 bits per heavy atom. The highest BCUT2D eigenvalue weighted by molar-refractivity contribution is 5.78. The fourth-order valence-corrected chi connectivity index (χ4v) is 2.08. The minimum Gasteiger partial charge on any atom is -0.369 e. The highest BCUT2D eigenvalue weighted by Gasteiger charge is 2.10. The first-order chi connectivity index (χ1) is 9.15. The van der Waals surface area contributed by atoms with E-state index in [1.54, 1.807) is 4.57 Å². The number of nitrogens with zero attached hydrogens (tertiary/aromatic N) is 2. The molecule has 0 bridgehead atoms. The minimum atomic E-state index is -0.593. The average Bonchev–Trinajstić information content (AvgIpc) is 2.69. The first-order valence-corrected chi connectivity index (χ1v) is 5.80. The lowest BCUT2D eigenvalue weighted by Crippen LogP contribution is -2.06. The van der Waals surface area contributed by atoms with Gasteiger partial charge in [-0.15, -0.1) is 0 Å². The second-order valence-electron chi connectivity index (χ2n) is 4.28. The van der Waals surface area contributed by atoms with Crippen LogP contribution >= 0.6 is 0 Å². The molecule has 2 N–H and O–H groups in total. The fourth-order valence-electron chi connectivity index (χ4n) is 2.08. The molecule has 0 aliphatic carbocycles. The van der Waals surface area contributed by atoms with Gasteiger partial charge in [0.05, 0.1) is 17.6 Å². The van der Waals surface area contributed by atoms with Gasteiger partial charge in [0.15, 0.2) is 0 Å². The number of aromatic nitrogens is 2. The molecule has 3 aromatic rings. The lowest BCUT2D eigenvalue weighted by molar-refractivity contribution is 0.568. The van der Waals surface area contributed by atoms with Gasteiger partial charge in [-0.05, 0) is 18.2 Å². The van der Waals surface area contributed by atoms with E-state index in [1.165, 1.54) is 12.1 Å². The third-order valence-corrected chi connectivity index (χ3v) is 3.03. The first kappa shape index (κ1) is 11.6. The summed E-state index contributed by atoms with van der Waals surface area (Å²) in [7, 11) is 0. The molecule has 0 spiro atoms. The predicted molar refractivity (Wildman–Crippen MR) is 69.6 cm³/mol. The van der Waals surface area contributed by atoms with Crippen LogP contribution in [0.15, 0.2) is 42.5 Å². The van der Waals surface area contributed by atoms with E-state index in [0.29, 0.717) is 11.5 Å². The van der Waals surface area contributed by atoms with E-state index >= 15 is 0 Å². The second-order valence-corrected chi connectivity index (χ2v) is 4.28. The Balaban J connectivity index is 2.08. The number of nitrogens with two attached hydrogens (primary N) is 1. The third kappa shape index (κ3) is 2.03. The van der Waals surface area contributed by atoms with E-state index in [2.05, 4.69) is 4.98 Å². The normalized spacial score (nSPS) is 11.1. The van der Waals surface area contributed by atoms with Crippen molar-refractivity contribution in [1.29, 1.82) is 0 Å². The number of halogens is 2. The standard InChI is InChI=1S/C14H11F2N3/c15-10-6-5-9(11(16)7-10)8-19-13-4-2-1-3-12(13)18-14(19)17/h1-7H,8H2,(H2,17,18). The van der Waals surface area contributed by atoms with Gasteiger partial charge in [0.25, 0.3) is 0 Å². The lowest BCUT2D eigenvalue weighted by Gasteiger charge is -2.07. The molecule has 0 amide bonds. The Labute approximate surface area is 108 Å². The van der Waals surface area contributed by atoms with E-state index in [4.69, 9.17) is 5.73 Å². The van der Waals surface area contributed by atoms with Crippen molar-refractivity contribution in [2.24, 2.45) is 0 Å². The van der Waals surface area contributed by atoms with Crippen LogP contribution in [0.1, 0.15) is 5.56 Å². The van der Waals surface area contributed by atoms with Gasteiger partial charge >= 0.3 is 0 Å². The minimum absolute atomic E-state index is 0.221. The first-order valence-electron chi connectivity index (χ1n) is 5.80. The summed E-state index contributed by atoms with van der Waals surface area (Å²) in [4.78, 5) is 4.20. The summed E-state index contributed by atoms with van der Waals surface area (Å²) in [5.41, 5.74) is 7.78. The number of para-hydroxylation sites is 2. The fraction of sp³-hybridized carbons (Fsp3) is 0.0714. The highest BCUT2D eigenvalue weighted by atomic mass is 19.1. The van der Waals surface area contributed by atoms with Crippen LogP contribution in [-0.2, 0) is 6.54 Å². The number of imidazole rings is 1. The van der Waals surface area contributed by atoms with Crippen LogP contribution in [0.4, 0.5) is 14.7 Å². The van der Waals surface area contributed by atoms with E-state index in [-0.39, 0.29) is 6.54 Å². The van der Waals surface area contributed by atoms with Crippen molar-refractivity contribution in [3.05, 3.63) is 59.7 Å². The van der Waals surface area contributed by atoms with E-state index < -0.39 is 11.6 Å². The summed E-state index contributed by atoms with van der Waals surface area (Å²) in [6.07, 6.45) is 0. The van der Waals surface area contributed by atoms with Gasteiger partial charge in [-0.2, -0.15) is 0 Å². The molecule has 3 nitrogen and oxygen atoms in total. The van der Waals surface area contributed by atoms with Crippen molar-refractivity contribution in [1.82, 2.24) is 9.55 Å². The van der Waals surface area contributed by atoms with Crippen LogP contribution in [0.5, 0.6) is 0 Å². The summed E-state index contributed by atoms with van der Waals surface area (Å²) in [6.45, 7) is 0.221. The van der Waals surface area contributed by atoms with Gasteiger partial charge < -0.3 is 10.3 Å². The van der Waals surface area contributed by atoms with Crippen LogP contribution in [0, 0.1) is 11.6 Å². The molecule has 0 aliphatic rings. The zero-order valence-electron chi connectivity index (χ0n) is 9.98. The molecule has 0 fully saturated rings. The second kappa shape index (κ2) is 4.35. The molecule has 19 heavy (non-hydrogen) atoms. The van der Waals surface area contributed by atoms with Gasteiger partial charge in [-0.1, -0.05) is 18.2 Å². The quantitative estimate of drug-likeness (QED) is 0.769. The monoisotopic (exact) mass is 259 g/mol. The van der Waals surface area contributed by atoms with E-state index in [1.807, 2.05) is 24.3 Å². The van der Waals surface area contributed by atoms with Crippen molar-refractivity contribution < 1.29 is 8.78 Å². The molecule has 5 heteroatoms. The third-order valence-electron chi connectivity index (χ3n) is 3.03. The number of nitrogen functional groups attached to an aromatic ring is 1. The molecular weight excluding hydrogens is 248 g/mol. The van der Waals surface area contributed by atoms with E-state index in [9.17, 15) is 8.78 Å². The van der Waals surface area contributed by atoms with Crippen LogP contribution in [0.3, 0.4) is 0 Å². The van der Waals surface area contributed by atoms with Crippen molar-refractivity contribution in [2.45, 2.75) is 6.54 Å². The maximum atomic E-state index is 13.7. The Kier molecular flexibility index (Phi) is 2.67. The number of rotatable bonds is 2. The molecule has 2 aromatic carbocycles. The molecular formula is C14H11F2N3. The van der Waals surface area contributed by atoms with Crippen molar-refractivity contribution in [3.63, 3.8) is 0 Å². The lowest BCUT2D eigenvalue weighted by atomic mass is 10.2. The molecule has 0 radical (unpaired) electrons. The number of hydrogen-bond acceptors (Lipinski definition) is 2.